The average molecular weight is 290 g/mol. The van der Waals surface area contributed by atoms with Gasteiger partial charge in [-0.1, -0.05) is 6.92 Å². The molecule has 114 valence electrons. The van der Waals surface area contributed by atoms with E-state index < -0.39 is 6.10 Å². The molecule has 0 bridgehead atoms. The van der Waals surface area contributed by atoms with Gasteiger partial charge in [-0.15, -0.1) is 0 Å². The van der Waals surface area contributed by atoms with Crippen molar-refractivity contribution < 1.29 is 14.6 Å². The monoisotopic (exact) mass is 290 g/mol. The third kappa shape index (κ3) is 3.55. The van der Waals surface area contributed by atoms with Gasteiger partial charge in [0.2, 0.25) is 0 Å². The fraction of sp³-hybridized carbons (Fsp3) is 0.438. The highest BCUT2D eigenvalue weighted by Crippen LogP contribution is 2.30. The van der Waals surface area contributed by atoms with Crippen molar-refractivity contribution >= 4 is 0 Å². The molecule has 2 aromatic rings. The Morgan fingerprint density at radius 2 is 2.10 bits per heavy atom. The van der Waals surface area contributed by atoms with Crippen LogP contribution in [-0.2, 0) is 20.1 Å². The Balaban J connectivity index is 2.19. The van der Waals surface area contributed by atoms with Gasteiger partial charge >= 0.3 is 0 Å². The lowest BCUT2D eigenvalue weighted by atomic mass is 10.1. The number of hydrogen-bond donors (Lipinski definition) is 1. The first-order valence-corrected chi connectivity index (χ1v) is 7.05. The number of hydrogen-bond acceptors (Lipinski definition) is 4. The standard InChI is InChI=1S/C16H22N2O3/c1-5-12-8-13(18(3)17-12)10-21-16-9-14(20-4)6-7-15(16)11(2)19/h6-9,11,19H,5,10H2,1-4H3. The fourth-order valence-corrected chi connectivity index (χ4v) is 2.14. The van der Waals surface area contributed by atoms with Gasteiger partial charge in [0.05, 0.1) is 24.6 Å². The predicted octanol–water partition coefficient (Wildman–Crippen LogP) is 2.62. The molecule has 1 unspecified atom stereocenters. The molecule has 1 aromatic carbocycles. The highest BCUT2D eigenvalue weighted by molar-refractivity contribution is 5.41. The van der Waals surface area contributed by atoms with Crippen LogP contribution in [0.25, 0.3) is 0 Å². The largest absolute Gasteiger partial charge is 0.497 e. The lowest BCUT2D eigenvalue weighted by molar-refractivity contribution is 0.189. The second-order valence-corrected chi connectivity index (χ2v) is 4.97. The van der Waals surface area contributed by atoms with Gasteiger partial charge in [-0.05, 0) is 31.5 Å². The first kappa shape index (κ1) is 15.4. The number of benzene rings is 1. The van der Waals surface area contributed by atoms with Gasteiger partial charge in [-0.3, -0.25) is 4.68 Å². The summed E-state index contributed by atoms with van der Waals surface area (Å²) in [6.07, 6.45) is 0.301. The summed E-state index contributed by atoms with van der Waals surface area (Å²) < 4.78 is 12.9. The first-order valence-electron chi connectivity index (χ1n) is 7.05. The molecule has 1 atom stereocenters. The first-order chi connectivity index (χ1) is 10.0. The van der Waals surface area contributed by atoms with E-state index in [1.165, 1.54) is 0 Å². The highest BCUT2D eigenvalue weighted by atomic mass is 16.5. The van der Waals surface area contributed by atoms with Crippen LogP contribution in [0, 0.1) is 0 Å². The van der Waals surface area contributed by atoms with Crippen molar-refractivity contribution in [2.24, 2.45) is 7.05 Å². The van der Waals surface area contributed by atoms with Crippen LogP contribution < -0.4 is 9.47 Å². The molecule has 0 aliphatic carbocycles. The van der Waals surface area contributed by atoms with Crippen LogP contribution in [0.3, 0.4) is 0 Å². The molecule has 2 rings (SSSR count). The van der Waals surface area contributed by atoms with Gasteiger partial charge in [0.15, 0.2) is 0 Å². The van der Waals surface area contributed by atoms with E-state index in [4.69, 9.17) is 9.47 Å². The van der Waals surface area contributed by atoms with Crippen molar-refractivity contribution in [3.8, 4) is 11.5 Å². The number of rotatable bonds is 6. The molecule has 5 heteroatoms. The van der Waals surface area contributed by atoms with Gasteiger partial charge in [-0.2, -0.15) is 5.10 Å². The van der Waals surface area contributed by atoms with Crippen LogP contribution in [0.4, 0.5) is 0 Å². The third-order valence-corrected chi connectivity index (χ3v) is 3.44. The molecule has 0 spiro atoms. The maximum atomic E-state index is 9.82. The lowest BCUT2D eigenvalue weighted by Gasteiger charge is -2.14. The summed E-state index contributed by atoms with van der Waals surface area (Å²) in [7, 11) is 3.51. The topological polar surface area (TPSA) is 56.5 Å². The van der Waals surface area contributed by atoms with Crippen molar-refractivity contribution in [2.45, 2.75) is 33.0 Å². The summed E-state index contributed by atoms with van der Waals surface area (Å²) in [5.41, 5.74) is 2.78. The molecule has 0 fully saturated rings. The van der Waals surface area contributed by atoms with Crippen LogP contribution in [0.2, 0.25) is 0 Å². The van der Waals surface area contributed by atoms with Gasteiger partial charge in [0.1, 0.15) is 18.1 Å². The maximum Gasteiger partial charge on any atom is 0.130 e. The molecule has 5 nitrogen and oxygen atoms in total. The Bertz CT molecular complexity index is 606. The Morgan fingerprint density at radius 1 is 1.33 bits per heavy atom. The molecular formula is C16H22N2O3. The summed E-state index contributed by atoms with van der Waals surface area (Å²) in [6, 6.07) is 7.45. The number of aliphatic hydroxyl groups is 1. The number of aromatic nitrogens is 2. The van der Waals surface area contributed by atoms with Gasteiger partial charge in [0, 0.05) is 18.7 Å². The van der Waals surface area contributed by atoms with Crippen molar-refractivity contribution in [2.75, 3.05) is 7.11 Å². The lowest BCUT2D eigenvalue weighted by Crippen LogP contribution is -2.05. The van der Waals surface area contributed by atoms with Crippen LogP contribution >= 0.6 is 0 Å². The van der Waals surface area contributed by atoms with Gasteiger partial charge in [0.25, 0.3) is 0 Å². The minimum atomic E-state index is -0.594. The Hall–Kier alpha value is -2.01. The zero-order valence-electron chi connectivity index (χ0n) is 13.0. The van der Waals surface area contributed by atoms with E-state index in [-0.39, 0.29) is 0 Å². The Morgan fingerprint density at radius 3 is 2.67 bits per heavy atom. The number of aryl methyl sites for hydroxylation is 2. The minimum absolute atomic E-state index is 0.399. The summed E-state index contributed by atoms with van der Waals surface area (Å²) in [4.78, 5) is 0. The smallest absolute Gasteiger partial charge is 0.130 e. The van der Waals surface area contributed by atoms with E-state index in [1.807, 2.05) is 29.9 Å². The molecule has 0 aliphatic heterocycles. The second kappa shape index (κ2) is 6.63. The Kier molecular flexibility index (Phi) is 4.85. The van der Waals surface area contributed by atoms with Crippen molar-refractivity contribution in [3.05, 3.63) is 41.2 Å². The zero-order chi connectivity index (χ0) is 15.4. The van der Waals surface area contributed by atoms with Crippen LogP contribution in [-0.4, -0.2) is 22.0 Å². The number of ether oxygens (including phenoxy) is 2. The fourth-order valence-electron chi connectivity index (χ4n) is 2.14. The van der Waals surface area contributed by atoms with E-state index >= 15 is 0 Å². The number of aliphatic hydroxyl groups excluding tert-OH is 1. The van der Waals surface area contributed by atoms with E-state index in [0.29, 0.717) is 18.1 Å². The normalized spacial score (nSPS) is 12.2. The average Bonchev–Trinajstić information content (AvgIpc) is 2.85. The molecule has 1 heterocycles. The maximum absolute atomic E-state index is 9.82. The molecule has 0 amide bonds. The molecule has 1 N–H and O–H groups in total. The van der Waals surface area contributed by atoms with E-state index in [2.05, 4.69) is 12.0 Å². The van der Waals surface area contributed by atoms with Crippen molar-refractivity contribution in [1.82, 2.24) is 9.78 Å². The molecule has 21 heavy (non-hydrogen) atoms. The number of methoxy groups -OCH3 is 1. The van der Waals surface area contributed by atoms with E-state index in [9.17, 15) is 5.11 Å². The van der Waals surface area contributed by atoms with Crippen LogP contribution in [0.1, 0.15) is 36.9 Å². The molecule has 1 aromatic heterocycles. The van der Waals surface area contributed by atoms with Crippen molar-refractivity contribution in [3.63, 3.8) is 0 Å². The zero-order valence-corrected chi connectivity index (χ0v) is 13.0. The van der Waals surface area contributed by atoms with E-state index in [0.717, 1.165) is 23.4 Å². The Labute approximate surface area is 125 Å². The quantitative estimate of drug-likeness (QED) is 0.888. The minimum Gasteiger partial charge on any atom is -0.497 e. The summed E-state index contributed by atoms with van der Waals surface area (Å²) in [5.74, 6) is 1.33. The van der Waals surface area contributed by atoms with E-state index in [1.54, 1.807) is 20.1 Å². The summed E-state index contributed by atoms with van der Waals surface area (Å²) >= 11 is 0. The van der Waals surface area contributed by atoms with Crippen molar-refractivity contribution in [1.29, 1.82) is 0 Å². The summed E-state index contributed by atoms with van der Waals surface area (Å²) in [6.45, 7) is 4.19. The number of nitrogens with zero attached hydrogens (tertiary/aromatic N) is 2. The van der Waals surface area contributed by atoms with Gasteiger partial charge < -0.3 is 14.6 Å². The van der Waals surface area contributed by atoms with Gasteiger partial charge in [-0.25, -0.2) is 0 Å². The predicted molar refractivity (Wildman–Crippen MR) is 80.5 cm³/mol. The molecular weight excluding hydrogens is 268 g/mol. The summed E-state index contributed by atoms with van der Waals surface area (Å²) in [5, 5.41) is 14.2. The molecule has 0 radical (unpaired) electrons. The molecule has 0 saturated heterocycles. The third-order valence-electron chi connectivity index (χ3n) is 3.44. The molecule has 0 saturated carbocycles. The molecule has 0 aliphatic rings. The van der Waals surface area contributed by atoms with Crippen LogP contribution in [0.15, 0.2) is 24.3 Å². The van der Waals surface area contributed by atoms with Crippen LogP contribution in [0.5, 0.6) is 11.5 Å². The second-order valence-electron chi connectivity index (χ2n) is 4.97. The SMILES string of the molecule is CCc1cc(COc2cc(OC)ccc2C(C)O)n(C)n1. The highest BCUT2D eigenvalue weighted by Gasteiger charge is 2.12.